The van der Waals surface area contributed by atoms with E-state index in [4.69, 9.17) is 9.47 Å². The molecule has 0 amide bonds. The maximum atomic E-state index is 5.92. The van der Waals surface area contributed by atoms with Crippen LogP contribution in [0.4, 0.5) is 0 Å². The Kier molecular flexibility index (Phi) is 5.71. The van der Waals surface area contributed by atoms with E-state index in [1.54, 1.807) is 7.11 Å². The first-order valence-electron chi connectivity index (χ1n) is 9.09. The second kappa shape index (κ2) is 8.17. The smallest absolute Gasteiger partial charge is 0.257 e. The Bertz CT molecular complexity index is 872. The normalized spacial score (nSPS) is 12.3. The average molecular weight is 350 g/mol. The lowest BCUT2D eigenvalue weighted by Gasteiger charge is -2.16. The van der Waals surface area contributed by atoms with E-state index in [2.05, 4.69) is 36.8 Å². The summed E-state index contributed by atoms with van der Waals surface area (Å²) in [4.78, 5) is 8.94. The third-order valence-corrected chi connectivity index (χ3v) is 4.38. The molecule has 136 valence electrons. The van der Waals surface area contributed by atoms with Crippen molar-refractivity contribution >= 4 is 10.9 Å². The van der Waals surface area contributed by atoms with Gasteiger partial charge in [0, 0.05) is 23.3 Å². The molecule has 0 aliphatic heterocycles. The van der Waals surface area contributed by atoms with Crippen molar-refractivity contribution in [2.75, 3.05) is 13.7 Å². The molecule has 0 fully saturated rings. The lowest BCUT2D eigenvalue weighted by atomic mass is 10.00. The summed E-state index contributed by atoms with van der Waals surface area (Å²) in [6.07, 6.45) is 4.79. The number of pyridine rings is 2. The quantitative estimate of drug-likeness (QED) is 0.575. The molecule has 0 aliphatic carbocycles. The van der Waals surface area contributed by atoms with Crippen LogP contribution in [0.3, 0.4) is 0 Å². The van der Waals surface area contributed by atoms with E-state index in [1.165, 1.54) is 0 Å². The Morgan fingerprint density at radius 2 is 1.85 bits per heavy atom. The first-order valence-corrected chi connectivity index (χ1v) is 9.09. The largest absolute Gasteiger partial charge is 0.491 e. The summed E-state index contributed by atoms with van der Waals surface area (Å²) < 4.78 is 11.5. The van der Waals surface area contributed by atoms with Gasteiger partial charge < -0.3 is 9.47 Å². The molecule has 1 unspecified atom stereocenters. The summed E-state index contributed by atoms with van der Waals surface area (Å²) in [5.74, 6) is 2.33. The highest BCUT2D eigenvalue weighted by molar-refractivity contribution is 5.94. The van der Waals surface area contributed by atoms with Gasteiger partial charge in [-0.1, -0.05) is 39.0 Å². The van der Waals surface area contributed by atoms with Gasteiger partial charge in [0.05, 0.1) is 19.2 Å². The maximum Gasteiger partial charge on any atom is 0.257 e. The van der Waals surface area contributed by atoms with E-state index in [1.807, 2.05) is 42.7 Å². The minimum Gasteiger partial charge on any atom is -0.491 e. The molecular formula is C22H26N2O2. The van der Waals surface area contributed by atoms with Gasteiger partial charge in [-0.3, -0.25) is 4.98 Å². The van der Waals surface area contributed by atoms with Crippen molar-refractivity contribution < 1.29 is 9.47 Å². The van der Waals surface area contributed by atoms with Crippen molar-refractivity contribution in [3.8, 4) is 22.8 Å². The van der Waals surface area contributed by atoms with Crippen molar-refractivity contribution in [2.24, 2.45) is 11.8 Å². The number of hydrogen-bond donors (Lipinski definition) is 0. The number of ether oxygens (including phenoxy) is 2. The fraction of sp³-hybridized carbons (Fsp3) is 0.364. The Hall–Kier alpha value is -2.62. The number of benzene rings is 1. The Morgan fingerprint density at radius 1 is 1.04 bits per heavy atom. The van der Waals surface area contributed by atoms with Gasteiger partial charge in [0.1, 0.15) is 0 Å². The van der Waals surface area contributed by atoms with Gasteiger partial charge in [-0.05, 0) is 42.0 Å². The molecule has 4 nitrogen and oxygen atoms in total. The molecule has 0 aliphatic rings. The van der Waals surface area contributed by atoms with E-state index in [-0.39, 0.29) is 0 Å². The van der Waals surface area contributed by atoms with Crippen LogP contribution < -0.4 is 9.47 Å². The van der Waals surface area contributed by atoms with Crippen molar-refractivity contribution in [1.82, 2.24) is 9.97 Å². The van der Waals surface area contributed by atoms with Gasteiger partial charge in [-0.2, -0.15) is 0 Å². The Balaban J connectivity index is 1.86. The van der Waals surface area contributed by atoms with Gasteiger partial charge >= 0.3 is 0 Å². The molecule has 3 rings (SSSR count). The number of hydrogen-bond acceptors (Lipinski definition) is 4. The molecule has 4 heteroatoms. The van der Waals surface area contributed by atoms with E-state index in [9.17, 15) is 0 Å². The first kappa shape index (κ1) is 18.2. The number of fused-ring (bicyclic) bond motifs is 1. The second-order valence-electron chi connectivity index (χ2n) is 7.15. The van der Waals surface area contributed by atoms with Gasteiger partial charge in [0.25, 0.3) is 5.88 Å². The van der Waals surface area contributed by atoms with Crippen molar-refractivity contribution in [1.29, 1.82) is 0 Å². The monoisotopic (exact) mass is 350 g/mol. The minimum atomic E-state index is 0.477. The fourth-order valence-corrected chi connectivity index (χ4v) is 3.28. The zero-order valence-corrected chi connectivity index (χ0v) is 15.9. The number of methoxy groups -OCH3 is 1. The van der Waals surface area contributed by atoms with Crippen LogP contribution in [0.2, 0.25) is 0 Å². The summed E-state index contributed by atoms with van der Waals surface area (Å²) in [6, 6.07) is 12.1. The molecule has 2 heterocycles. The predicted octanol–water partition coefficient (Wildman–Crippen LogP) is 5.37. The van der Waals surface area contributed by atoms with Gasteiger partial charge in [-0.15, -0.1) is 0 Å². The molecule has 26 heavy (non-hydrogen) atoms. The highest BCUT2D eigenvalue weighted by Gasteiger charge is 2.13. The zero-order chi connectivity index (χ0) is 18.5. The van der Waals surface area contributed by atoms with Crippen LogP contribution >= 0.6 is 0 Å². The molecule has 0 saturated heterocycles. The molecule has 3 aromatic rings. The summed E-state index contributed by atoms with van der Waals surface area (Å²) in [6.45, 7) is 7.29. The number of rotatable bonds is 7. The van der Waals surface area contributed by atoms with Crippen LogP contribution in [0.1, 0.15) is 27.2 Å². The number of nitrogens with zero attached hydrogens (tertiary/aromatic N) is 2. The molecule has 1 aromatic carbocycles. The molecule has 0 N–H and O–H groups in total. The Labute approximate surface area is 155 Å². The second-order valence-corrected chi connectivity index (χ2v) is 7.15. The van der Waals surface area contributed by atoms with Crippen LogP contribution in [0.25, 0.3) is 22.0 Å². The van der Waals surface area contributed by atoms with Crippen LogP contribution in [0, 0.1) is 11.8 Å². The highest BCUT2D eigenvalue weighted by Crippen LogP contribution is 2.33. The van der Waals surface area contributed by atoms with Crippen LogP contribution in [0.5, 0.6) is 11.6 Å². The van der Waals surface area contributed by atoms with Crippen LogP contribution in [-0.4, -0.2) is 23.7 Å². The maximum absolute atomic E-state index is 5.92. The standard InChI is InChI=1S/C22H26N2O2/c1-15(2)11-16(3)14-26-22-21(25-4)12-17(13-24-22)18-9-10-23-20-8-6-5-7-19(18)20/h5-10,12-13,15-16H,11,14H2,1-4H3. The Morgan fingerprint density at radius 3 is 2.62 bits per heavy atom. The van der Waals surface area contributed by atoms with Gasteiger partial charge in [0.2, 0.25) is 0 Å². The molecule has 1 atom stereocenters. The molecular weight excluding hydrogens is 324 g/mol. The van der Waals surface area contributed by atoms with Crippen LogP contribution in [-0.2, 0) is 0 Å². The molecule has 0 saturated carbocycles. The molecule has 0 bridgehead atoms. The zero-order valence-electron chi connectivity index (χ0n) is 15.9. The SMILES string of the molecule is COc1cc(-c2ccnc3ccccc23)cnc1OCC(C)CC(C)C. The average Bonchev–Trinajstić information content (AvgIpc) is 2.65. The van der Waals surface area contributed by atoms with E-state index < -0.39 is 0 Å². The van der Waals surface area contributed by atoms with Gasteiger partial charge in [-0.25, -0.2) is 4.98 Å². The topological polar surface area (TPSA) is 44.2 Å². The number of aromatic nitrogens is 2. The highest BCUT2D eigenvalue weighted by atomic mass is 16.5. The summed E-state index contributed by atoms with van der Waals surface area (Å²) >= 11 is 0. The number of para-hydroxylation sites is 1. The lowest BCUT2D eigenvalue weighted by Crippen LogP contribution is -2.12. The van der Waals surface area contributed by atoms with E-state index in [0.717, 1.165) is 28.5 Å². The summed E-state index contributed by atoms with van der Waals surface area (Å²) in [7, 11) is 1.65. The predicted molar refractivity (Wildman–Crippen MR) is 106 cm³/mol. The molecule has 0 radical (unpaired) electrons. The van der Waals surface area contributed by atoms with Crippen molar-refractivity contribution in [2.45, 2.75) is 27.2 Å². The fourth-order valence-electron chi connectivity index (χ4n) is 3.28. The lowest BCUT2D eigenvalue weighted by molar-refractivity contribution is 0.221. The van der Waals surface area contributed by atoms with Crippen molar-refractivity contribution in [3.05, 3.63) is 48.8 Å². The van der Waals surface area contributed by atoms with E-state index >= 15 is 0 Å². The van der Waals surface area contributed by atoms with Crippen LogP contribution in [0.15, 0.2) is 48.8 Å². The summed E-state index contributed by atoms with van der Waals surface area (Å²) in [5, 5.41) is 1.10. The minimum absolute atomic E-state index is 0.477. The third-order valence-electron chi connectivity index (χ3n) is 4.38. The molecule has 0 spiro atoms. The third kappa shape index (κ3) is 4.13. The molecule has 2 aromatic heterocycles. The van der Waals surface area contributed by atoms with E-state index in [0.29, 0.717) is 30.1 Å². The van der Waals surface area contributed by atoms with Gasteiger partial charge in [0.15, 0.2) is 5.75 Å². The first-order chi connectivity index (χ1) is 12.6. The summed E-state index contributed by atoms with van der Waals surface area (Å²) in [5.41, 5.74) is 3.04. The van der Waals surface area contributed by atoms with Crippen molar-refractivity contribution in [3.63, 3.8) is 0 Å².